The minimum absolute atomic E-state index is 0.0703. The Morgan fingerprint density at radius 1 is 1.45 bits per heavy atom. The van der Waals surface area contributed by atoms with Crippen LogP contribution in [-0.4, -0.2) is 15.6 Å². The average molecular weight is 298 g/mol. The number of hydrogen-bond donors (Lipinski definition) is 0. The van der Waals surface area contributed by atoms with Crippen molar-refractivity contribution in [2.45, 2.75) is 6.92 Å². The highest BCUT2D eigenvalue weighted by Crippen LogP contribution is 2.28. The number of hydrogen-bond acceptors (Lipinski definition) is 6. The summed E-state index contributed by atoms with van der Waals surface area (Å²) in [6, 6.07) is 7.24. The Morgan fingerprint density at radius 2 is 2.27 bits per heavy atom. The highest BCUT2D eigenvalue weighted by molar-refractivity contribution is 5.98. The standard InChI is InChI=1S/C13H10N6O3/c1-9(10-3-2-4-15-8-10)17-22-13-6-11(16-18-14)5-12(7-13)19(20)21/h2-8H,1H3. The maximum atomic E-state index is 10.8. The van der Waals surface area contributed by atoms with E-state index in [1.807, 2.05) is 0 Å². The Hall–Kier alpha value is -3.45. The average Bonchev–Trinajstić information content (AvgIpc) is 2.53. The Labute approximate surface area is 124 Å². The van der Waals surface area contributed by atoms with Crippen molar-refractivity contribution in [3.63, 3.8) is 0 Å². The highest BCUT2D eigenvalue weighted by atomic mass is 16.6. The van der Waals surface area contributed by atoms with Gasteiger partial charge in [-0.2, -0.15) is 0 Å². The van der Waals surface area contributed by atoms with Crippen LogP contribution in [0.1, 0.15) is 12.5 Å². The van der Waals surface area contributed by atoms with Gasteiger partial charge in [0.05, 0.1) is 16.7 Å². The third-order valence-corrected chi connectivity index (χ3v) is 2.61. The van der Waals surface area contributed by atoms with E-state index >= 15 is 0 Å². The van der Waals surface area contributed by atoms with Gasteiger partial charge in [-0.25, -0.2) is 0 Å². The third-order valence-electron chi connectivity index (χ3n) is 2.61. The van der Waals surface area contributed by atoms with Gasteiger partial charge in [0.25, 0.3) is 5.69 Å². The first-order chi connectivity index (χ1) is 10.6. The van der Waals surface area contributed by atoms with E-state index in [4.69, 9.17) is 10.4 Å². The molecule has 0 saturated heterocycles. The lowest BCUT2D eigenvalue weighted by molar-refractivity contribution is -0.384. The van der Waals surface area contributed by atoms with E-state index in [2.05, 4.69) is 20.2 Å². The summed E-state index contributed by atoms with van der Waals surface area (Å²) in [5, 5.41) is 18.1. The topological polar surface area (TPSA) is 126 Å². The molecule has 110 valence electrons. The van der Waals surface area contributed by atoms with Crippen LogP contribution >= 0.6 is 0 Å². The zero-order valence-electron chi connectivity index (χ0n) is 11.4. The third kappa shape index (κ3) is 3.78. The Kier molecular flexibility index (Phi) is 4.63. The molecule has 2 aromatic rings. The molecule has 9 nitrogen and oxygen atoms in total. The van der Waals surface area contributed by atoms with Gasteiger partial charge in [-0.3, -0.25) is 15.1 Å². The van der Waals surface area contributed by atoms with Crippen molar-refractivity contribution in [2.75, 3.05) is 0 Å². The molecule has 0 N–H and O–H groups in total. The minimum atomic E-state index is -0.610. The van der Waals surface area contributed by atoms with Crippen LogP contribution in [0.25, 0.3) is 10.4 Å². The molecule has 0 aliphatic heterocycles. The molecular weight excluding hydrogens is 288 g/mol. The van der Waals surface area contributed by atoms with Crippen LogP contribution in [0.2, 0.25) is 0 Å². The molecule has 1 aromatic heterocycles. The number of nitro groups is 1. The summed E-state index contributed by atoms with van der Waals surface area (Å²) in [6.07, 6.45) is 3.24. The van der Waals surface area contributed by atoms with Gasteiger partial charge in [-0.1, -0.05) is 10.3 Å². The molecule has 0 unspecified atom stereocenters. The summed E-state index contributed by atoms with van der Waals surface area (Å²) < 4.78 is 0. The number of benzene rings is 1. The molecule has 0 atom stereocenters. The van der Waals surface area contributed by atoms with Crippen molar-refractivity contribution in [3.8, 4) is 5.75 Å². The van der Waals surface area contributed by atoms with E-state index in [1.165, 1.54) is 12.1 Å². The molecular formula is C13H10N6O3. The van der Waals surface area contributed by atoms with Gasteiger partial charge in [0, 0.05) is 34.6 Å². The predicted octanol–water partition coefficient (Wildman–Crippen LogP) is 3.73. The van der Waals surface area contributed by atoms with Gasteiger partial charge >= 0.3 is 0 Å². The van der Waals surface area contributed by atoms with E-state index in [0.29, 0.717) is 5.71 Å². The molecule has 0 aliphatic carbocycles. The van der Waals surface area contributed by atoms with Gasteiger partial charge in [0.2, 0.25) is 0 Å². The van der Waals surface area contributed by atoms with Crippen molar-refractivity contribution < 1.29 is 9.76 Å². The number of nitro benzene ring substituents is 1. The van der Waals surface area contributed by atoms with Gasteiger partial charge in [0.15, 0.2) is 5.75 Å². The van der Waals surface area contributed by atoms with Crippen molar-refractivity contribution >= 4 is 17.1 Å². The maximum Gasteiger partial charge on any atom is 0.273 e. The molecule has 0 saturated carbocycles. The molecule has 0 spiro atoms. The van der Waals surface area contributed by atoms with E-state index in [9.17, 15) is 10.1 Å². The van der Waals surface area contributed by atoms with Crippen molar-refractivity contribution in [1.82, 2.24) is 4.98 Å². The van der Waals surface area contributed by atoms with Crippen molar-refractivity contribution in [1.29, 1.82) is 0 Å². The van der Waals surface area contributed by atoms with Crippen LogP contribution in [0.4, 0.5) is 11.4 Å². The molecule has 1 aromatic carbocycles. The zero-order valence-corrected chi connectivity index (χ0v) is 11.4. The normalized spacial score (nSPS) is 10.7. The van der Waals surface area contributed by atoms with E-state index in [1.54, 1.807) is 31.5 Å². The first-order valence-corrected chi connectivity index (χ1v) is 6.07. The molecule has 0 fully saturated rings. The second-order valence-corrected chi connectivity index (χ2v) is 4.14. The smallest absolute Gasteiger partial charge is 0.273 e. The van der Waals surface area contributed by atoms with E-state index < -0.39 is 4.92 Å². The Morgan fingerprint density at radius 3 is 2.91 bits per heavy atom. The molecule has 0 amide bonds. The summed E-state index contributed by atoms with van der Waals surface area (Å²) in [7, 11) is 0. The lowest BCUT2D eigenvalue weighted by atomic mass is 10.2. The number of nitrogens with zero attached hydrogens (tertiary/aromatic N) is 6. The fraction of sp³-hybridized carbons (Fsp3) is 0.0769. The second kappa shape index (κ2) is 6.82. The largest absolute Gasteiger partial charge is 0.356 e. The maximum absolute atomic E-state index is 10.8. The first kappa shape index (κ1) is 14.9. The van der Waals surface area contributed by atoms with Crippen LogP contribution < -0.4 is 4.84 Å². The molecule has 0 bridgehead atoms. The molecule has 2 rings (SSSR count). The summed E-state index contributed by atoms with van der Waals surface area (Å²) in [5.41, 5.74) is 9.53. The SMILES string of the molecule is CC(=NOc1cc(N=[N+]=[N-])cc([N+](=O)[O-])c1)c1cccnc1. The summed E-state index contributed by atoms with van der Waals surface area (Å²) in [4.78, 5) is 22.0. The Balaban J connectivity index is 2.29. The van der Waals surface area contributed by atoms with E-state index in [-0.39, 0.29) is 17.1 Å². The monoisotopic (exact) mass is 298 g/mol. The van der Waals surface area contributed by atoms with Crippen molar-refractivity contribution in [3.05, 3.63) is 68.8 Å². The molecule has 1 heterocycles. The summed E-state index contributed by atoms with van der Waals surface area (Å²) in [5.74, 6) is 0.0971. The lowest BCUT2D eigenvalue weighted by Gasteiger charge is -2.03. The number of non-ortho nitro benzene ring substituents is 1. The highest BCUT2D eigenvalue weighted by Gasteiger charge is 2.10. The van der Waals surface area contributed by atoms with Crippen LogP contribution in [0.5, 0.6) is 5.75 Å². The van der Waals surface area contributed by atoms with Gasteiger partial charge in [-0.15, -0.1) is 0 Å². The van der Waals surface area contributed by atoms with Gasteiger partial charge in [-0.05, 0) is 30.7 Å². The number of pyridine rings is 1. The number of aromatic nitrogens is 1. The van der Waals surface area contributed by atoms with Crippen LogP contribution in [0, 0.1) is 10.1 Å². The fourth-order valence-corrected chi connectivity index (χ4v) is 1.59. The van der Waals surface area contributed by atoms with Crippen LogP contribution in [0.15, 0.2) is 53.0 Å². The summed E-state index contributed by atoms with van der Waals surface area (Å²) >= 11 is 0. The number of rotatable bonds is 5. The quantitative estimate of drug-likeness (QED) is 0.208. The molecule has 22 heavy (non-hydrogen) atoms. The fourth-order valence-electron chi connectivity index (χ4n) is 1.59. The summed E-state index contributed by atoms with van der Waals surface area (Å²) in [6.45, 7) is 1.71. The number of oxime groups is 1. The predicted molar refractivity (Wildman–Crippen MR) is 79.0 cm³/mol. The molecule has 9 heteroatoms. The second-order valence-electron chi connectivity index (χ2n) is 4.14. The molecule has 0 aliphatic rings. The Bertz CT molecular complexity index is 748. The van der Waals surface area contributed by atoms with Crippen molar-refractivity contribution in [2.24, 2.45) is 10.3 Å². The van der Waals surface area contributed by atoms with E-state index in [0.717, 1.165) is 11.6 Å². The van der Waals surface area contributed by atoms with Gasteiger partial charge < -0.3 is 4.84 Å². The molecule has 0 radical (unpaired) electrons. The zero-order chi connectivity index (χ0) is 15.9. The number of azide groups is 1. The van der Waals surface area contributed by atoms with Crippen LogP contribution in [-0.2, 0) is 0 Å². The lowest BCUT2D eigenvalue weighted by Crippen LogP contribution is -1.98. The first-order valence-electron chi connectivity index (χ1n) is 6.07. The van der Waals surface area contributed by atoms with Crippen LogP contribution in [0.3, 0.4) is 0 Å². The minimum Gasteiger partial charge on any atom is -0.356 e. The van der Waals surface area contributed by atoms with Gasteiger partial charge in [0.1, 0.15) is 0 Å².